The predicted molar refractivity (Wildman–Crippen MR) is 71.1 cm³/mol. The van der Waals surface area contributed by atoms with Crippen LogP contribution in [0.25, 0.3) is 22.6 Å². The van der Waals surface area contributed by atoms with Gasteiger partial charge in [0.1, 0.15) is 5.52 Å². The number of nitro benzene ring substituents is 1. The van der Waals surface area contributed by atoms with Crippen LogP contribution in [-0.2, 0) is 0 Å². The smallest absolute Gasteiger partial charge is 0.273 e. The molecule has 0 radical (unpaired) electrons. The molecule has 3 rings (SSSR count). The number of hydrogen-bond donors (Lipinski definition) is 0. The summed E-state index contributed by atoms with van der Waals surface area (Å²) < 4.78 is 5.53. The Balaban J connectivity index is 2.11. The maximum absolute atomic E-state index is 10.7. The van der Waals surface area contributed by atoms with Gasteiger partial charge in [0.25, 0.3) is 5.69 Å². The lowest BCUT2D eigenvalue weighted by Gasteiger charge is -1.94. The summed E-state index contributed by atoms with van der Waals surface area (Å²) in [6.07, 6.45) is 0. The van der Waals surface area contributed by atoms with Crippen LogP contribution in [-0.4, -0.2) is 9.91 Å². The molecule has 0 bridgehead atoms. The molecule has 6 heteroatoms. The summed E-state index contributed by atoms with van der Waals surface area (Å²) in [6.45, 7) is 0. The molecule has 19 heavy (non-hydrogen) atoms. The fraction of sp³-hybridized carbons (Fsp3) is 0. The molecule has 1 heterocycles. The second-order valence-corrected chi connectivity index (χ2v) is 4.37. The molecular formula is C13H7ClN2O3. The summed E-state index contributed by atoms with van der Waals surface area (Å²) >= 11 is 5.81. The number of aromatic nitrogens is 1. The summed E-state index contributed by atoms with van der Waals surface area (Å²) in [5.41, 5.74) is 1.71. The van der Waals surface area contributed by atoms with Crippen molar-refractivity contribution in [2.24, 2.45) is 0 Å². The van der Waals surface area contributed by atoms with Crippen molar-refractivity contribution in [2.75, 3.05) is 0 Å². The van der Waals surface area contributed by atoms with E-state index in [-0.39, 0.29) is 5.69 Å². The maximum Gasteiger partial charge on any atom is 0.273 e. The molecule has 0 aliphatic rings. The lowest BCUT2D eigenvalue weighted by atomic mass is 10.2. The molecule has 5 nitrogen and oxygen atoms in total. The monoisotopic (exact) mass is 274 g/mol. The van der Waals surface area contributed by atoms with Gasteiger partial charge in [-0.1, -0.05) is 11.6 Å². The van der Waals surface area contributed by atoms with Crippen molar-refractivity contribution < 1.29 is 9.34 Å². The first-order chi connectivity index (χ1) is 9.13. The fourth-order valence-corrected chi connectivity index (χ4v) is 1.87. The number of hydrogen-bond acceptors (Lipinski definition) is 4. The number of halogens is 1. The van der Waals surface area contributed by atoms with Crippen LogP contribution in [0.3, 0.4) is 0 Å². The number of nitrogens with zero attached hydrogens (tertiary/aromatic N) is 2. The molecular weight excluding hydrogens is 268 g/mol. The second kappa shape index (κ2) is 4.37. The van der Waals surface area contributed by atoms with Crippen molar-refractivity contribution in [1.29, 1.82) is 0 Å². The Morgan fingerprint density at radius 1 is 1.16 bits per heavy atom. The highest BCUT2D eigenvalue weighted by Crippen LogP contribution is 2.27. The number of oxazole rings is 1. The van der Waals surface area contributed by atoms with Crippen molar-refractivity contribution in [3.05, 3.63) is 57.6 Å². The Hall–Kier alpha value is -2.40. The highest BCUT2D eigenvalue weighted by atomic mass is 35.5. The lowest BCUT2D eigenvalue weighted by Crippen LogP contribution is -1.86. The molecule has 2 aromatic carbocycles. The van der Waals surface area contributed by atoms with Gasteiger partial charge in [-0.05, 0) is 30.3 Å². The molecule has 0 amide bonds. The van der Waals surface area contributed by atoms with E-state index in [0.717, 1.165) is 5.56 Å². The van der Waals surface area contributed by atoms with Crippen LogP contribution in [0, 0.1) is 10.1 Å². The number of rotatable bonds is 2. The Morgan fingerprint density at radius 2 is 1.89 bits per heavy atom. The molecule has 0 unspecified atom stereocenters. The number of fused-ring (bicyclic) bond motifs is 1. The average Bonchev–Trinajstić information content (AvgIpc) is 2.82. The Labute approximate surface area is 112 Å². The number of benzene rings is 2. The summed E-state index contributed by atoms with van der Waals surface area (Å²) in [6, 6.07) is 11.3. The van der Waals surface area contributed by atoms with Gasteiger partial charge in [-0.25, -0.2) is 4.98 Å². The first kappa shape index (κ1) is 11.7. The van der Waals surface area contributed by atoms with E-state index in [4.69, 9.17) is 16.0 Å². The molecule has 0 aliphatic heterocycles. The van der Waals surface area contributed by atoms with Gasteiger partial charge in [0, 0.05) is 16.7 Å². The molecule has 0 aliphatic carbocycles. The van der Waals surface area contributed by atoms with Gasteiger partial charge in [0.15, 0.2) is 5.58 Å². The molecule has 0 atom stereocenters. The highest BCUT2D eigenvalue weighted by molar-refractivity contribution is 6.30. The van der Waals surface area contributed by atoms with Crippen LogP contribution >= 0.6 is 11.6 Å². The quantitative estimate of drug-likeness (QED) is 0.522. The zero-order valence-corrected chi connectivity index (χ0v) is 10.3. The van der Waals surface area contributed by atoms with Crippen LogP contribution in [0.2, 0.25) is 5.02 Å². The van der Waals surface area contributed by atoms with E-state index in [0.29, 0.717) is 22.0 Å². The zero-order chi connectivity index (χ0) is 13.4. The van der Waals surface area contributed by atoms with Crippen molar-refractivity contribution in [3.63, 3.8) is 0 Å². The Kier molecular flexibility index (Phi) is 2.68. The summed E-state index contributed by atoms with van der Waals surface area (Å²) in [7, 11) is 0. The van der Waals surface area contributed by atoms with E-state index in [1.807, 2.05) is 0 Å². The number of non-ortho nitro benzene ring substituents is 1. The van der Waals surface area contributed by atoms with Gasteiger partial charge in [-0.15, -0.1) is 0 Å². The van der Waals surface area contributed by atoms with Crippen LogP contribution < -0.4 is 0 Å². The summed E-state index contributed by atoms with van der Waals surface area (Å²) in [5.74, 6) is 0.409. The largest absolute Gasteiger partial charge is 0.436 e. The number of nitro groups is 1. The van der Waals surface area contributed by atoms with E-state index in [2.05, 4.69) is 4.98 Å². The van der Waals surface area contributed by atoms with Gasteiger partial charge < -0.3 is 4.42 Å². The highest BCUT2D eigenvalue weighted by Gasteiger charge is 2.12. The SMILES string of the molecule is O=[N+]([O-])c1ccc2nc(-c3ccc(Cl)cc3)oc2c1. The molecule has 0 spiro atoms. The lowest BCUT2D eigenvalue weighted by molar-refractivity contribution is -0.384. The third-order valence-corrected chi connectivity index (χ3v) is 2.93. The molecule has 0 saturated heterocycles. The second-order valence-electron chi connectivity index (χ2n) is 3.94. The van der Waals surface area contributed by atoms with Gasteiger partial charge in [0.05, 0.1) is 11.0 Å². The Morgan fingerprint density at radius 3 is 2.58 bits per heavy atom. The van der Waals surface area contributed by atoms with Crippen LogP contribution in [0.1, 0.15) is 0 Å². The third-order valence-electron chi connectivity index (χ3n) is 2.67. The topological polar surface area (TPSA) is 69.2 Å². The van der Waals surface area contributed by atoms with Gasteiger partial charge >= 0.3 is 0 Å². The summed E-state index contributed by atoms with van der Waals surface area (Å²) in [4.78, 5) is 14.5. The minimum atomic E-state index is -0.468. The molecule has 0 saturated carbocycles. The molecule has 3 aromatic rings. The molecule has 0 N–H and O–H groups in total. The van der Waals surface area contributed by atoms with E-state index >= 15 is 0 Å². The maximum atomic E-state index is 10.7. The van der Waals surface area contributed by atoms with Crippen LogP contribution in [0.4, 0.5) is 5.69 Å². The normalized spacial score (nSPS) is 10.8. The van der Waals surface area contributed by atoms with Crippen molar-refractivity contribution in [2.45, 2.75) is 0 Å². The summed E-state index contributed by atoms with van der Waals surface area (Å²) in [5, 5.41) is 11.3. The standard InChI is InChI=1S/C13H7ClN2O3/c14-9-3-1-8(2-4-9)13-15-11-6-5-10(16(17)18)7-12(11)19-13/h1-7H. The molecule has 1 aromatic heterocycles. The van der Waals surface area contributed by atoms with E-state index in [9.17, 15) is 10.1 Å². The fourth-order valence-electron chi connectivity index (χ4n) is 1.74. The average molecular weight is 275 g/mol. The van der Waals surface area contributed by atoms with E-state index in [1.165, 1.54) is 12.1 Å². The Bertz CT molecular complexity index is 765. The van der Waals surface area contributed by atoms with Crippen LogP contribution in [0.5, 0.6) is 0 Å². The van der Waals surface area contributed by atoms with Gasteiger partial charge in [-0.2, -0.15) is 0 Å². The minimum Gasteiger partial charge on any atom is -0.436 e. The van der Waals surface area contributed by atoms with Crippen molar-refractivity contribution in [1.82, 2.24) is 4.98 Å². The van der Waals surface area contributed by atoms with Gasteiger partial charge in [0.2, 0.25) is 5.89 Å². The first-order valence-corrected chi connectivity index (χ1v) is 5.82. The predicted octanol–water partition coefficient (Wildman–Crippen LogP) is 4.06. The third kappa shape index (κ3) is 2.15. The van der Waals surface area contributed by atoms with Crippen LogP contribution in [0.15, 0.2) is 46.9 Å². The minimum absolute atomic E-state index is 0.0219. The van der Waals surface area contributed by atoms with E-state index in [1.54, 1.807) is 30.3 Å². The first-order valence-electron chi connectivity index (χ1n) is 5.44. The van der Waals surface area contributed by atoms with Gasteiger partial charge in [-0.3, -0.25) is 10.1 Å². The molecule has 94 valence electrons. The van der Waals surface area contributed by atoms with Crippen molar-refractivity contribution in [3.8, 4) is 11.5 Å². The van der Waals surface area contributed by atoms with E-state index < -0.39 is 4.92 Å². The van der Waals surface area contributed by atoms with Crippen molar-refractivity contribution >= 4 is 28.4 Å². The zero-order valence-electron chi connectivity index (χ0n) is 9.54. The molecule has 0 fully saturated rings.